The highest BCUT2D eigenvalue weighted by Crippen LogP contribution is 2.38. The van der Waals surface area contributed by atoms with E-state index in [1.807, 2.05) is 48.7 Å². The first-order valence-electron chi connectivity index (χ1n) is 5.92. The molecule has 0 radical (unpaired) electrons. The van der Waals surface area contributed by atoms with E-state index in [1.165, 1.54) is 0 Å². The summed E-state index contributed by atoms with van der Waals surface area (Å²) in [5.74, 6) is -0.250. The maximum Gasteiger partial charge on any atom is 0.340 e. The second-order valence-corrected chi connectivity index (χ2v) is 5.70. The van der Waals surface area contributed by atoms with Crippen LogP contribution in [0.2, 0.25) is 5.02 Å². The molecule has 4 heteroatoms. The molecule has 0 bridgehead atoms. The topological polar surface area (TPSA) is 26.3 Å². The number of cyclic esters (lactones) is 1. The highest BCUT2D eigenvalue weighted by atomic mass is 35.5. The molecule has 1 unspecified atom stereocenters. The summed E-state index contributed by atoms with van der Waals surface area (Å²) >= 11 is 7.45. The summed E-state index contributed by atoms with van der Waals surface area (Å²) in [6.07, 6.45) is -0.231. The predicted molar refractivity (Wildman–Crippen MR) is 78.1 cm³/mol. The van der Waals surface area contributed by atoms with Crippen molar-refractivity contribution in [2.45, 2.75) is 13.0 Å². The van der Waals surface area contributed by atoms with E-state index in [4.69, 9.17) is 16.3 Å². The third-order valence-corrected chi connectivity index (χ3v) is 4.23. The van der Waals surface area contributed by atoms with Crippen molar-refractivity contribution in [1.82, 2.24) is 0 Å². The van der Waals surface area contributed by atoms with Gasteiger partial charge in [0.2, 0.25) is 0 Å². The van der Waals surface area contributed by atoms with Crippen LogP contribution >= 0.6 is 22.9 Å². The SMILES string of the molecule is CC1OC(=O)C(c2cccs2)=C1c1ccc(Cl)cc1. The Kier molecular flexibility index (Phi) is 3.17. The fourth-order valence-electron chi connectivity index (χ4n) is 2.25. The van der Waals surface area contributed by atoms with E-state index in [0.29, 0.717) is 10.6 Å². The molecule has 0 aliphatic carbocycles. The van der Waals surface area contributed by atoms with Gasteiger partial charge in [0.1, 0.15) is 6.10 Å². The van der Waals surface area contributed by atoms with Crippen molar-refractivity contribution in [3.05, 3.63) is 57.2 Å². The summed E-state index contributed by atoms with van der Waals surface area (Å²) in [4.78, 5) is 13.0. The van der Waals surface area contributed by atoms with Gasteiger partial charge in [0, 0.05) is 15.5 Å². The van der Waals surface area contributed by atoms with Crippen LogP contribution in [0, 0.1) is 0 Å². The van der Waals surface area contributed by atoms with Gasteiger partial charge in [-0.2, -0.15) is 0 Å². The molecule has 3 rings (SSSR count). The van der Waals surface area contributed by atoms with E-state index in [0.717, 1.165) is 16.0 Å². The Bertz CT molecular complexity index is 641. The molecule has 0 fully saturated rings. The molecule has 1 aromatic carbocycles. The van der Waals surface area contributed by atoms with Gasteiger partial charge in [-0.1, -0.05) is 29.8 Å². The largest absolute Gasteiger partial charge is 0.454 e. The molecule has 2 aromatic rings. The Morgan fingerprint density at radius 2 is 1.95 bits per heavy atom. The quantitative estimate of drug-likeness (QED) is 0.773. The zero-order valence-corrected chi connectivity index (χ0v) is 11.8. The second kappa shape index (κ2) is 4.83. The molecule has 1 atom stereocenters. The van der Waals surface area contributed by atoms with E-state index in [1.54, 1.807) is 11.3 Å². The van der Waals surface area contributed by atoms with Gasteiger partial charge in [0.05, 0.1) is 5.57 Å². The van der Waals surface area contributed by atoms with Gasteiger partial charge < -0.3 is 4.74 Å². The lowest BCUT2D eigenvalue weighted by Gasteiger charge is -2.09. The van der Waals surface area contributed by atoms with E-state index in [9.17, 15) is 4.79 Å². The molecule has 1 aromatic heterocycles. The zero-order chi connectivity index (χ0) is 13.4. The molecule has 0 spiro atoms. The van der Waals surface area contributed by atoms with Crippen molar-refractivity contribution in [2.24, 2.45) is 0 Å². The molecule has 96 valence electrons. The van der Waals surface area contributed by atoms with Crippen molar-refractivity contribution in [2.75, 3.05) is 0 Å². The lowest BCUT2D eigenvalue weighted by Crippen LogP contribution is -2.05. The van der Waals surface area contributed by atoms with Gasteiger partial charge in [-0.25, -0.2) is 4.79 Å². The maximum absolute atomic E-state index is 12.0. The number of benzene rings is 1. The van der Waals surface area contributed by atoms with Gasteiger partial charge in [0.25, 0.3) is 0 Å². The number of halogens is 1. The number of thiophene rings is 1. The van der Waals surface area contributed by atoms with E-state index in [2.05, 4.69) is 0 Å². The average Bonchev–Trinajstić information content (AvgIpc) is 2.98. The Hall–Kier alpha value is -1.58. The molecule has 2 nitrogen and oxygen atoms in total. The summed E-state index contributed by atoms with van der Waals surface area (Å²) in [6.45, 7) is 1.89. The predicted octanol–water partition coefficient (Wildman–Crippen LogP) is 4.26. The number of carbonyl (C=O) groups is 1. The molecular formula is C15H11ClO2S. The normalized spacial score (nSPS) is 18.8. The minimum absolute atomic E-state index is 0.231. The van der Waals surface area contributed by atoms with Crippen molar-refractivity contribution >= 4 is 40.1 Å². The van der Waals surface area contributed by atoms with Crippen LogP contribution in [0.1, 0.15) is 17.4 Å². The van der Waals surface area contributed by atoms with Crippen LogP contribution in [0.4, 0.5) is 0 Å². The number of rotatable bonds is 2. The number of carbonyl (C=O) groups excluding carboxylic acids is 1. The summed E-state index contributed by atoms with van der Waals surface area (Å²) in [7, 11) is 0. The maximum atomic E-state index is 12.0. The number of hydrogen-bond acceptors (Lipinski definition) is 3. The van der Waals surface area contributed by atoms with Crippen LogP contribution in [-0.2, 0) is 9.53 Å². The number of esters is 1. The van der Waals surface area contributed by atoms with Crippen LogP contribution in [0.15, 0.2) is 41.8 Å². The van der Waals surface area contributed by atoms with Gasteiger partial charge >= 0.3 is 5.97 Å². The first-order valence-corrected chi connectivity index (χ1v) is 7.17. The smallest absolute Gasteiger partial charge is 0.340 e. The van der Waals surface area contributed by atoms with E-state index < -0.39 is 0 Å². The van der Waals surface area contributed by atoms with Gasteiger partial charge in [0.15, 0.2) is 0 Å². The summed E-state index contributed by atoms with van der Waals surface area (Å²) < 4.78 is 5.36. The third kappa shape index (κ3) is 2.20. The standard InChI is InChI=1S/C15H11ClO2S/c1-9-13(10-4-6-11(16)7-5-10)14(15(17)18-9)12-3-2-8-19-12/h2-9H,1H3. The Morgan fingerprint density at radius 1 is 1.21 bits per heavy atom. The Labute approximate surface area is 120 Å². The van der Waals surface area contributed by atoms with Crippen molar-refractivity contribution < 1.29 is 9.53 Å². The lowest BCUT2D eigenvalue weighted by molar-refractivity contribution is -0.136. The number of hydrogen-bond donors (Lipinski definition) is 0. The lowest BCUT2D eigenvalue weighted by atomic mass is 9.97. The second-order valence-electron chi connectivity index (χ2n) is 4.32. The molecule has 1 aliphatic rings. The van der Waals surface area contributed by atoms with E-state index in [-0.39, 0.29) is 12.1 Å². The summed E-state index contributed by atoms with van der Waals surface area (Å²) in [6, 6.07) is 11.4. The van der Waals surface area contributed by atoms with E-state index >= 15 is 0 Å². The molecule has 0 amide bonds. The minimum Gasteiger partial charge on any atom is -0.454 e. The van der Waals surface area contributed by atoms with Gasteiger partial charge in [-0.05, 0) is 36.1 Å². The van der Waals surface area contributed by atoms with Crippen LogP contribution < -0.4 is 0 Å². The fourth-order valence-corrected chi connectivity index (χ4v) is 3.15. The molecule has 2 heterocycles. The van der Waals surface area contributed by atoms with Crippen molar-refractivity contribution in [3.8, 4) is 0 Å². The molecular weight excluding hydrogens is 280 g/mol. The van der Waals surface area contributed by atoms with Crippen LogP contribution in [0.5, 0.6) is 0 Å². The fraction of sp³-hybridized carbons (Fsp3) is 0.133. The molecule has 19 heavy (non-hydrogen) atoms. The molecule has 1 aliphatic heterocycles. The summed E-state index contributed by atoms with van der Waals surface area (Å²) in [5.41, 5.74) is 2.58. The van der Waals surface area contributed by atoms with Crippen LogP contribution in [-0.4, -0.2) is 12.1 Å². The monoisotopic (exact) mass is 290 g/mol. The van der Waals surface area contributed by atoms with Crippen molar-refractivity contribution in [1.29, 1.82) is 0 Å². The van der Waals surface area contributed by atoms with Gasteiger partial charge in [-0.15, -0.1) is 11.3 Å². The average molecular weight is 291 g/mol. The molecule has 0 saturated carbocycles. The van der Waals surface area contributed by atoms with Crippen molar-refractivity contribution in [3.63, 3.8) is 0 Å². The van der Waals surface area contributed by atoms with Crippen LogP contribution in [0.3, 0.4) is 0 Å². The Morgan fingerprint density at radius 3 is 2.58 bits per heavy atom. The summed E-state index contributed by atoms with van der Waals surface area (Å²) in [5, 5.41) is 2.64. The van der Waals surface area contributed by atoms with Crippen LogP contribution in [0.25, 0.3) is 11.1 Å². The number of ether oxygens (including phenoxy) is 1. The molecule has 0 saturated heterocycles. The first-order chi connectivity index (χ1) is 9.16. The highest BCUT2D eigenvalue weighted by Gasteiger charge is 2.33. The van der Waals surface area contributed by atoms with Gasteiger partial charge in [-0.3, -0.25) is 0 Å². The Balaban J connectivity index is 2.18. The minimum atomic E-state index is -0.250. The highest BCUT2D eigenvalue weighted by molar-refractivity contribution is 7.11. The third-order valence-electron chi connectivity index (χ3n) is 3.09. The molecule has 0 N–H and O–H groups in total. The zero-order valence-electron chi connectivity index (χ0n) is 10.2. The first kappa shape index (κ1) is 12.5.